The molecule has 2 aliphatic carbocycles. The maximum Gasteiger partial charge on any atom is 0.161 e. The van der Waals surface area contributed by atoms with E-state index in [0.717, 1.165) is 19.3 Å². The Morgan fingerprint density at radius 2 is 1.64 bits per heavy atom. The molecular weight excluding hydrogens is 412 g/mol. The molecule has 2 bridgehead atoms. The van der Waals surface area contributed by atoms with Gasteiger partial charge < -0.3 is 9.47 Å². The van der Waals surface area contributed by atoms with Crippen molar-refractivity contribution in [3.63, 3.8) is 0 Å². The van der Waals surface area contributed by atoms with Gasteiger partial charge in [-0.25, -0.2) is 9.78 Å². The van der Waals surface area contributed by atoms with Gasteiger partial charge in [0.1, 0.15) is 11.2 Å². The summed E-state index contributed by atoms with van der Waals surface area (Å²) in [6.07, 6.45) is 5.35. The van der Waals surface area contributed by atoms with Crippen LogP contribution in [0, 0.1) is 23.7 Å². The molecule has 0 aromatic heterocycles. The van der Waals surface area contributed by atoms with Crippen molar-refractivity contribution in [2.24, 2.45) is 23.7 Å². The van der Waals surface area contributed by atoms with Crippen molar-refractivity contribution in [3.8, 4) is 11.1 Å². The van der Waals surface area contributed by atoms with Gasteiger partial charge in [-0.1, -0.05) is 68.4 Å². The molecule has 8 atom stereocenters. The number of ether oxygens (including phenoxy) is 2. The molecule has 5 aliphatic rings. The molecule has 33 heavy (non-hydrogen) atoms. The second-order valence-corrected chi connectivity index (χ2v) is 11.2. The van der Waals surface area contributed by atoms with Crippen LogP contribution in [-0.4, -0.2) is 23.6 Å². The van der Waals surface area contributed by atoms with Crippen molar-refractivity contribution < 1.29 is 19.2 Å². The summed E-state index contributed by atoms with van der Waals surface area (Å²) in [5.74, 6) is 1.82. The lowest BCUT2D eigenvalue weighted by Gasteiger charge is -2.61. The van der Waals surface area contributed by atoms with Crippen LogP contribution in [0.15, 0.2) is 54.6 Å². The first-order valence-corrected chi connectivity index (χ1v) is 12.8. The second-order valence-electron chi connectivity index (χ2n) is 11.2. The largest absolute Gasteiger partial charge is 0.348 e. The smallest absolute Gasteiger partial charge is 0.161 e. The minimum Gasteiger partial charge on any atom is -0.348 e. The Hall–Kier alpha value is -1.72. The Kier molecular flexibility index (Phi) is 5.41. The van der Waals surface area contributed by atoms with Gasteiger partial charge in [0.05, 0.1) is 12.7 Å². The van der Waals surface area contributed by atoms with Crippen molar-refractivity contribution in [2.45, 2.75) is 83.1 Å². The van der Waals surface area contributed by atoms with E-state index >= 15 is 0 Å². The van der Waals surface area contributed by atoms with Crippen LogP contribution in [0.5, 0.6) is 0 Å². The minimum atomic E-state index is -0.315. The molecular formula is C29H36O4. The molecule has 7 rings (SSSR count). The summed E-state index contributed by atoms with van der Waals surface area (Å²) < 4.78 is 13.2. The highest BCUT2D eigenvalue weighted by atomic mass is 17.2. The second kappa shape index (κ2) is 8.20. The van der Waals surface area contributed by atoms with Gasteiger partial charge in [0.15, 0.2) is 6.29 Å². The molecule has 4 nitrogen and oxygen atoms in total. The van der Waals surface area contributed by atoms with E-state index in [-0.39, 0.29) is 29.5 Å². The Labute approximate surface area is 197 Å². The average Bonchev–Trinajstić information content (AvgIpc) is 3.07. The van der Waals surface area contributed by atoms with E-state index in [9.17, 15) is 0 Å². The third-order valence-electron chi connectivity index (χ3n) is 9.11. The summed E-state index contributed by atoms with van der Waals surface area (Å²) in [6, 6.07) is 19.2. The third-order valence-corrected chi connectivity index (χ3v) is 9.11. The fourth-order valence-corrected chi connectivity index (χ4v) is 7.21. The maximum absolute atomic E-state index is 6.74. The summed E-state index contributed by atoms with van der Waals surface area (Å²) in [5, 5.41) is 0. The van der Waals surface area contributed by atoms with Gasteiger partial charge in [-0.3, -0.25) is 0 Å². The van der Waals surface area contributed by atoms with Crippen molar-refractivity contribution in [1.29, 1.82) is 0 Å². The van der Waals surface area contributed by atoms with E-state index in [1.54, 1.807) is 0 Å². The fourth-order valence-electron chi connectivity index (χ4n) is 7.21. The Morgan fingerprint density at radius 1 is 0.879 bits per heavy atom. The maximum atomic E-state index is 6.74. The van der Waals surface area contributed by atoms with Crippen molar-refractivity contribution >= 4 is 0 Å². The first-order chi connectivity index (χ1) is 16.0. The summed E-state index contributed by atoms with van der Waals surface area (Å²) in [5.41, 5.74) is 3.07. The lowest BCUT2D eigenvalue weighted by atomic mass is 9.56. The topological polar surface area (TPSA) is 36.9 Å². The molecule has 0 unspecified atom stereocenters. The third kappa shape index (κ3) is 3.58. The molecule has 176 valence electrons. The number of benzene rings is 2. The molecule has 3 heterocycles. The number of hydrogen-bond acceptors (Lipinski definition) is 4. The molecule has 5 fully saturated rings. The normalized spacial score (nSPS) is 41.9. The first kappa shape index (κ1) is 21.8. The SMILES string of the molecule is C[C@H]1[C@@H](OCc2ccc(-c3ccccc3)cc2)O[C@@H]2C[C@]3(C)CC[C@H]4[C@H](C)CC[C@@H]1[C@@]24OO3. The van der Waals surface area contributed by atoms with Gasteiger partial charge >= 0.3 is 0 Å². The quantitative estimate of drug-likeness (QED) is 0.498. The van der Waals surface area contributed by atoms with Gasteiger partial charge in [0.25, 0.3) is 0 Å². The molecule has 0 radical (unpaired) electrons. The van der Waals surface area contributed by atoms with Crippen molar-refractivity contribution in [1.82, 2.24) is 0 Å². The number of fused-ring (bicyclic) bond motifs is 2. The van der Waals surface area contributed by atoms with Gasteiger partial charge in [-0.05, 0) is 61.1 Å². The van der Waals surface area contributed by atoms with E-state index < -0.39 is 0 Å². The number of rotatable bonds is 4. The predicted molar refractivity (Wildman–Crippen MR) is 127 cm³/mol. The average molecular weight is 449 g/mol. The van der Waals surface area contributed by atoms with E-state index in [1.807, 2.05) is 6.07 Å². The monoisotopic (exact) mass is 448 g/mol. The van der Waals surface area contributed by atoms with Crippen LogP contribution in [0.25, 0.3) is 11.1 Å². The lowest BCUT2D eigenvalue weighted by Crippen LogP contribution is -2.69. The van der Waals surface area contributed by atoms with Gasteiger partial charge in [0, 0.05) is 18.3 Å². The van der Waals surface area contributed by atoms with E-state index in [0.29, 0.717) is 24.4 Å². The molecule has 0 N–H and O–H groups in total. The van der Waals surface area contributed by atoms with E-state index in [2.05, 4.69) is 69.3 Å². The van der Waals surface area contributed by atoms with Crippen molar-refractivity contribution in [3.05, 3.63) is 60.2 Å². The zero-order valence-corrected chi connectivity index (χ0v) is 20.0. The van der Waals surface area contributed by atoms with Crippen LogP contribution >= 0.6 is 0 Å². The molecule has 1 spiro atoms. The molecule has 2 saturated carbocycles. The molecule has 2 aromatic rings. The zero-order valence-electron chi connectivity index (χ0n) is 20.0. The predicted octanol–water partition coefficient (Wildman–Crippen LogP) is 6.54. The Balaban J connectivity index is 1.20. The van der Waals surface area contributed by atoms with Crippen LogP contribution in [0.1, 0.15) is 58.4 Å². The summed E-state index contributed by atoms with van der Waals surface area (Å²) in [4.78, 5) is 12.5. The minimum absolute atomic E-state index is 0.0400. The van der Waals surface area contributed by atoms with Gasteiger partial charge in [-0.15, -0.1) is 0 Å². The zero-order chi connectivity index (χ0) is 22.6. The Bertz CT molecular complexity index is 975. The van der Waals surface area contributed by atoms with Crippen LogP contribution in [0.4, 0.5) is 0 Å². The van der Waals surface area contributed by atoms with Crippen molar-refractivity contribution in [2.75, 3.05) is 0 Å². The van der Waals surface area contributed by atoms with Crippen LogP contribution in [0.2, 0.25) is 0 Å². The van der Waals surface area contributed by atoms with Gasteiger partial charge in [0.2, 0.25) is 0 Å². The standard InChI is InChI=1S/C29H36O4/c1-19-9-14-25-20(2)27(31-26-17-28(3)16-15-24(19)29(25,26)33-32-28)30-18-21-10-12-23(13-11-21)22-7-5-4-6-8-22/h4-8,10-13,19-20,24-27H,9,14-18H2,1-3H3/t19-,20-,24+,25+,26-,27+,28+,29-/m1/s1. The summed E-state index contributed by atoms with van der Waals surface area (Å²) >= 11 is 0. The first-order valence-electron chi connectivity index (χ1n) is 12.8. The fraction of sp³-hybridized carbons (Fsp3) is 0.586. The molecule has 2 aromatic carbocycles. The van der Waals surface area contributed by atoms with E-state index in [4.69, 9.17) is 19.2 Å². The summed E-state index contributed by atoms with van der Waals surface area (Å²) in [7, 11) is 0. The highest BCUT2D eigenvalue weighted by Crippen LogP contribution is 2.61. The van der Waals surface area contributed by atoms with E-state index in [1.165, 1.54) is 29.5 Å². The molecule has 0 amide bonds. The molecule has 4 heteroatoms. The number of hydrogen-bond donors (Lipinski definition) is 0. The summed E-state index contributed by atoms with van der Waals surface area (Å²) in [6.45, 7) is 7.42. The van der Waals surface area contributed by atoms with Crippen LogP contribution < -0.4 is 0 Å². The highest BCUT2D eigenvalue weighted by Gasteiger charge is 2.68. The highest BCUT2D eigenvalue weighted by molar-refractivity contribution is 5.63. The Morgan fingerprint density at radius 3 is 2.42 bits per heavy atom. The molecule has 3 aliphatic heterocycles. The lowest BCUT2D eigenvalue weighted by molar-refractivity contribution is -0.496. The van der Waals surface area contributed by atoms with Crippen LogP contribution in [0.3, 0.4) is 0 Å². The van der Waals surface area contributed by atoms with Crippen LogP contribution in [-0.2, 0) is 25.9 Å². The van der Waals surface area contributed by atoms with Gasteiger partial charge in [-0.2, -0.15) is 0 Å². The molecule has 3 saturated heterocycles.